The molecule has 2 aliphatic carbocycles. The molecule has 0 N–H and O–H groups in total. The molecule has 0 heterocycles. The van der Waals surface area contributed by atoms with Gasteiger partial charge in [0.05, 0.1) is 5.41 Å². The molecule has 0 atom stereocenters. The lowest BCUT2D eigenvalue weighted by Crippen LogP contribution is -2.37. The van der Waals surface area contributed by atoms with Gasteiger partial charge in [-0.25, -0.2) is 0 Å². The Morgan fingerprint density at radius 3 is 1.82 bits per heavy atom. The highest BCUT2D eigenvalue weighted by Gasteiger charge is 2.46. The second-order valence-electron chi connectivity index (χ2n) is 8.66. The molecule has 4 aromatic carbocycles. The molecule has 0 amide bonds. The summed E-state index contributed by atoms with van der Waals surface area (Å²) in [5, 5.41) is 0. The van der Waals surface area contributed by atoms with Gasteiger partial charge in [0.2, 0.25) is 0 Å². The van der Waals surface area contributed by atoms with E-state index in [0.717, 1.165) is 43.4 Å². The first-order chi connectivity index (χ1) is 16.7. The number of ketones is 1. The van der Waals surface area contributed by atoms with E-state index >= 15 is 0 Å². The molecular weight excluding hydrogens is 480 g/mol. The molecular formula is C32H21BrO. The van der Waals surface area contributed by atoms with Crippen LogP contribution in [0.5, 0.6) is 0 Å². The van der Waals surface area contributed by atoms with Crippen molar-refractivity contribution in [3.05, 3.63) is 165 Å². The Labute approximate surface area is 207 Å². The monoisotopic (exact) mass is 500 g/mol. The van der Waals surface area contributed by atoms with E-state index in [1.165, 1.54) is 5.56 Å². The molecule has 2 aliphatic rings. The van der Waals surface area contributed by atoms with Crippen molar-refractivity contribution < 1.29 is 4.79 Å². The Balaban J connectivity index is 1.72. The minimum atomic E-state index is -0.603. The third-order valence-corrected chi connectivity index (χ3v) is 7.33. The van der Waals surface area contributed by atoms with E-state index in [9.17, 15) is 4.79 Å². The van der Waals surface area contributed by atoms with Gasteiger partial charge in [0.25, 0.3) is 0 Å². The van der Waals surface area contributed by atoms with Crippen LogP contribution in [-0.2, 0) is 10.2 Å². The van der Waals surface area contributed by atoms with Crippen LogP contribution in [0.1, 0.15) is 27.8 Å². The number of halogens is 1. The standard InChI is InChI=1S/C32H21BrO/c33-27-17-15-22(16-18-27)24-20-30-28(31(34)21-24)19-23-9-7-8-14-29(23)32(30,25-10-3-1-4-11-25)26-12-5-2-6-13-26/h1-21H. The zero-order valence-electron chi connectivity index (χ0n) is 18.4. The normalized spacial score (nSPS) is 16.0. The van der Waals surface area contributed by atoms with Crippen molar-refractivity contribution >= 4 is 33.4 Å². The first kappa shape index (κ1) is 20.8. The van der Waals surface area contributed by atoms with Crippen LogP contribution in [-0.4, -0.2) is 5.78 Å². The summed E-state index contributed by atoms with van der Waals surface area (Å²) in [6.45, 7) is 0. The number of fused-ring (bicyclic) bond motifs is 2. The lowest BCUT2D eigenvalue weighted by molar-refractivity contribution is -0.111. The molecule has 0 bridgehead atoms. The number of hydrogen-bond donors (Lipinski definition) is 0. The van der Waals surface area contributed by atoms with Crippen LogP contribution in [0.2, 0.25) is 0 Å². The number of hydrogen-bond acceptors (Lipinski definition) is 1. The third-order valence-electron chi connectivity index (χ3n) is 6.80. The fourth-order valence-corrected chi connectivity index (χ4v) is 5.59. The third kappa shape index (κ3) is 3.18. The molecule has 0 spiro atoms. The van der Waals surface area contributed by atoms with Crippen molar-refractivity contribution in [3.63, 3.8) is 0 Å². The number of rotatable bonds is 3. The van der Waals surface area contributed by atoms with Gasteiger partial charge >= 0.3 is 0 Å². The average Bonchev–Trinajstić information content (AvgIpc) is 2.89. The molecule has 0 saturated heterocycles. The number of benzene rings is 4. The summed E-state index contributed by atoms with van der Waals surface area (Å²) in [4.78, 5) is 13.6. The zero-order chi connectivity index (χ0) is 23.1. The summed E-state index contributed by atoms with van der Waals surface area (Å²) in [5.74, 6) is 0.0427. The molecule has 34 heavy (non-hydrogen) atoms. The van der Waals surface area contributed by atoms with Crippen molar-refractivity contribution in [1.29, 1.82) is 0 Å². The fourth-order valence-electron chi connectivity index (χ4n) is 5.32. The Bertz CT molecular complexity index is 1450. The molecule has 0 fully saturated rings. The highest BCUT2D eigenvalue weighted by atomic mass is 79.9. The van der Waals surface area contributed by atoms with E-state index in [0.29, 0.717) is 0 Å². The summed E-state index contributed by atoms with van der Waals surface area (Å²) < 4.78 is 1.02. The first-order valence-corrected chi connectivity index (χ1v) is 12.1. The predicted octanol–water partition coefficient (Wildman–Crippen LogP) is 7.77. The van der Waals surface area contributed by atoms with Crippen molar-refractivity contribution in [2.75, 3.05) is 0 Å². The Morgan fingerprint density at radius 1 is 0.588 bits per heavy atom. The highest BCUT2D eigenvalue weighted by molar-refractivity contribution is 9.10. The van der Waals surface area contributed by atoms with Gasteiger partial charge in [0, 0.05) is 10.0 Å². The summed E-state index contributed by atoms with van der Waals surface area (Å²) >= 11 is 3.52. The van der Waals surface area contributed by atoms with E-state index in [-0.39, 0.29) is 5.78 Å². The van der Waals surface area contributed by atoms with Gasteiger partial charge < -0.3 is 0 Å². The first-order valence-electron chi connectivity index (χ1n) is 11.3. The molecule has 162 valence electrons. The van der Waals surface area contributed by atoms with E-state index in [1.807, 2.05) is 30.3 Å². The van der Waals surface area contributed by atoms with Crippen LogP contribution >= 0.6 is 15.9 Å². The van der Waals surface area contributed by atoms with Gasteiger partial charge in [-0.3, -0.25) is 4.79 Å². The topological polar surface area (TPSA) is 17.1 Å². The van der Waals surface area contributed by atoms with Gasteiger partial charge in [0.1, 0.15) is 0 Å². The molecule has 4 aromatic rings. The molecule has 2 heteroatoms. The molecule has 0 aromatic heterocycles. The second-order valence-corrected chi connectivity index (χ2v) is 9.57. The summed E-state index contributed by atoms with van der Waals surface area (Å²) in [7, 11) is 0. The van der Waals surface area contributed by atoms with Crippen molar-refractivity contribution in [3.8, 4) is 0 Å². The van der Waals surface area contributed by atoms with Crippen molar-refractivity contribution in [1.82, 2.24) is 0 Å². The largest absolute Gasteiger partial charge is 0.289 e. The lowest BCUT2D eigenvalue weighted by atomic mass is 9.58. The minimum Gasteiger partial charge on any atom is -0.289 e. The molecule has 1 nitrogen and oxygen atoms in total. The molecule has 0 radical (unpaired) electrons. The van der Waals surface area contributed by atoms with E-state index < -0.39 is 5.41 Å². The molecule has 0 aliphatic heterocycles. The minimum absolute atomic E-state index is 0.0427. The van der Waals surface area contributed by atoms with Gasteiger partial charge in [-0.2, -0.15) is 0 Å². The quantitative estimate of drug-likeness (QED) is 0.280. The average molecular weight is 501 g/mol. The van der Waals surface area contributed by atoms with E-state index in [4.69, 9.17) is 0 Å². The maximum absolute atomic E-state index is 13.6. The van der Waals surface area contributed by atoms with Gasteiger partial charge in [-0.1, -0.05) is 113 Å². The van der Waals surface area contributed by atoms with Crippen LogP contribution in [0.3, 0.4) is 0 Å². The Morgan fingerprint density at radius 2 is 1.18 bits per heavy atom. The SMILES string of the molecule is O=C1C=C(c2ccc(Br)cc2)C=C2C1=Cc1ccccc1C2(c1ccccc1)c1ccccc1. The Hall–Kier alpha value is -3.75. The summed E-state index contributed by atoms with van der Waals surface area (Å²) in [5.41, 5.74) is 7.70. The van der Waals surface area contributed by atoms with Crippen molar-refractivity contribution in [2.45, 2.75) is 5.41 Å². The van der Waals surface area contributed by atoms with Crippen LogP contribution in [0, 0.1) is 0 Å². The number of allylic oxidation sites excluding steroid dienone is 5. The maximum atomic E-state index is 13.6. The lowest BCUT2D eigenvalue weighted by Gasteiger charge is -2.43. The smallest absolute Gasteiger partial charge is 0.186 e. The van der Waals surface area contributed by atoms with Gasteiger partial charge in [-0.15, -0.1) is 0 Å². The van der Waals surface area contributed by atoms with E-state index in [1.54, 1.807) is 6.08 Å². The summed E-state index contributed by atoms with van der Waals surface area (Å²) in [6, 6.07) is 37.7. The second kappa shape index (κ2) is 8.23. The van der Waals surface area contributed by atoms with Crippen LogP contribution < -0.4 is 0 Å². The van der Waals surface area contributed by atoms with Gasteiger partial charge in [0.15, 0.2) is 5.78 Å². The van der Waals surface area contributed by atoms with Crippen LogP contribution in [0.25, 0.3) is 11.6 Å². The molecule has 6 rings (SSSR count). The van der Waals surface area contributed by atoms with Crippen molar-refractivity contribution in [2.24, 2.45) is 0 Å². The van der Waals surface area contributed by atoms with Crippen LogP contribution in [0.4, 0.5) is 0 Å². The number of carbonyl (C=O) groups excluding carboxylic acids is 1. The predicted molar refractivity (Wildman–Crippen MR) is 142 cm³/mol. The van der Waals surface area contributed by atoms with E-state index in [2.05, 4.69) is 107 Å². The zero-order valence-corrected chi connectivity index (χ0v) is 20.0. The highest BCUT2D eigenvalue weighted by Crippen LogP contribution is 2.53. The maximum Gasteiger partial charge on any atom is 0.186 e. The Kier molecular flexibility index (Phi) is 5.04. The number of carbonyl (C=O) groups is 1. The van der Waals surface area contributed by atoms with Crippen LogP contribution in [0.15, 0.2) is 137 Å². The fraction of sp³-hybridized carbons (Fsp3) is 0.0312. The molecule has 0 unspecified atom stereocenters. The van der Waals surface area contributed by atoms with Gasteiger partial charge in [-0.05, 0) is 69.3 Å². The molecule has 0 saturated carbocycles. The summed E-state index contributed by atoms with van der Waals surface area (Å²) in [6.07, 6.45) is 6.04.